The molecule has 4 heteroatoms. The summed E-state index contributed by atoms with van der Waals surface area (Å²) in [5.74, 6) is 1.14. The van der Waals surface area contributed by atoms with Crippen LogP contribution in [-0.4, -0.2) is 14.5 Å². The molecule has 0 radical (unpaired) electrons. The van der Waals surface area contributed by atoms with Crippen molar-refractivity contribution < 1.29 is 0 Å². The van der Waals surface area contributed by atoms with Crippen LogP contribution in [0.1, 0.15) is 53.2 Å². The minimum Gasteiger partial charge on any atom is -0.305 e. The molecule has 4 rings (SSSR count). The minimum absolute atomic E-state index is 0.349. The third-order valence-electron chi connectivity index (χ3n) is 5.47. The quantitative estimate of drug-likeness (QED) is 0.607. The van der Waals surface area contributed by atoms with E-state index in [-0.39, 0.29) is 0 Å². The van der Waals surface area contributed by atoms with Gasteiger partial charge in [0.05, 0.1) is 6.04 Å². The summed E-state index contributed by atoms with van der Waals surface area (Å²) in [7, 11) is 0. The van der Waals surface area contributed by atoms with Crippen molar-refractivity contribution >= 4 is 27.1 Å². The van der Waals surface area contributed by atoms with Gasteiger partial charge in [0.25, 0.3) is 0 Å². The van der Waals surface area contributed by atoms with Crippen molar-refractivity contribution in [2.45, 2.75) is 53.0 Å². The summed E-state index contributed by atoms with van der Waals surface area (Å²) in [4.78, 5) is 9.89. The molecule has 1 aliphatic rings. The lowest BCUT2D eigenvalue weighted by Gasteiger charge is -2.18. The van der Waals surface area contributed by atoms with Crippen LogP contribution in [-0.2, 0) is 12.8 Å². The van der Waals surface area contributed by atoms with Gasteiger partial charge in [0.15, 0.2) is 5.65 Å². The molecular weight excluding hydrogens is 362 g/mol. The van der Waals surface area contributed by atoms with Gasteiger partial charge in [0.2, 0.25) is 0 Å². The fourth-order valence-corrected chi connectivity index (χ4v) is 4.34. The highest BCUT2D eigenvalue weighted by atomic mass is 79.9. The van der Waals surface area contributed by atoms with Crippen molar-refractivity contribution in [1.82, 2.24) is 14.5 Å². The Morgan fingerprint density at radius 1 is 1.17 bits per heavy atom. The largest absolute Gasteiger partial charge is 0.305 e. The molecule has 0 unspecified atom stereocenters. The molecule has 1 atom stereocenters. The molecule has 0 saturated heterocycles. The first-order valence-corrected chi connectivity index (χ1v) is 9.43. The summed E-state index contributed by atoms with van der Waals surface area (Å²) in [5.41, 5.74) is 8.61. The Bertz CT molecular complexity index is 955. The Labute approximate surface area is 151 Å². The van der Waals surface area contributed by atoms with E-state index in [4.69, 9.17) is 9.97 Å². The molecule has 1 aromatic carbocycles. The van der Waals surface area contributed by atoms with Crippen molar-refractivity contribution in [1.29, 1.82) is 0 Å². The summed E-state index contributed by atoms with van der Waals surface area (Å²) in [6.45, 7) is 8.60. The molecule has 24 heavy (non-hydrogen) atoms. The maximum absolute atomic E-state index is 4.96. The molecule has 0 amide bonds. The molecular formula is C20H22BrN3. The van der Waals surface area contributed by atoms with Crippen LogP contribution < -0.4 is 0 Å². The zero-order valence-electron chi connectivity index (χ0n) is 14.7. The van der Waals surface area contributed by atoms with Gasteiger partial charge >= 0.3 is 0 Å². The van der Waals surface area contributed by atoms with Gasteiger partial charge in [-0.3, -0.25) is 0 Å². The van der Waals surface area contributed by atoms with E-state index in [0.717, 1.165) is 46.4 Å². The van der Waals surface area contributed by atoms with E-state index in [0.29, 0.717) is 6.04 Å². The summed E-state index contributed by atoms with van der Waals surface area (Å²) >= 11 is 3.60. The van der Waals surface area contributed by atoms with Crippen LogP contribution >= 0.6 is 15.9 Å². The first kappa shape index (κ1) is 15.8. The standard InChI is InChI=1S/C20H22BrN3/c1-5-18-23-19-12(3)11(2)13(4)22-20(19)24(18)17-9-6-14-10-15(21)7-8-16(14)17/h7-8,10,17H,5-6,9H2,1-4H3/t17-/m0/s1. The molecule has 2 heterocycles. The molecule has 0 aliphatic heterocycles. The Balaban J connectivity index is 1.98. The van der Waals surface area contributed by atoms with Crippen molar-refractivity contribution in [3.8, 4) is 0 Å². The van der Waals surface area contributed by atoms with Gasteiger partial charge in [-0.05, 0) is 68.0 Å². The van der Waals surface area contributed by atoms with E-state index >= 15 is 0 Å². The summed E-state index contributed by atoms with van der Waals surface area (Å²) in [6, 6.07) is 7.02. The topological polar surface area (TPSA) is 30.7 Å². The second-order valence-electron chi connectivity index (χ2n) is 6.77. The molecule has 0 spiro atoms. The lowest BCUT2D eigenvalue weighted by Crippen LogP contribution is -2.12. The lowest BCUT2D eigenvalue weighted by molar-refractivity contribution is 0.566. The van der Waals surface area contributed by atoms with Gasteiger partial charge in [-0.15, -0.1) is 0 Å². The van der Waals surface area contributed by atoms with E-state index in [1.54, 1.807) is 0 Å². The van der Waals surface area contributed by atoms with Gasteiger partial charge in [-0.25, -0.2) is 9.97 Å². The van der Waals surface area contributed by atoms with Crippen LogP contribution in [0.5, 0.6) is 0 Å². The number of aromatic nitrogens is 3. The minimum atomic E-state index is 0.349. The number of rotatable bonds is 2. The third kappa shape index (κ3) is 2.23. The van der Waals surface area contributed by atoms with Crippen LogP contribution in [0.15, 0.2) is 22.7 Å². The van der Waals surface area contributed by atoms with Crippen molar-refractivity contribution in [2.75, 3.05) is 0 Å². The molecule has 0 saturated carbocycles. The average Bonchev–Trinajstić information content (AvgIpc) is 3.13. The first-order valence-electron chi connectivity index (χ1n) is 8.64. The average molecular weight is 384 g/mol. The number of imidazole rings is 1. The molecule has 2 aromatic heterocycles. The molecule has 0 bridgehead atoms. The Morgan fingerprint density at radius 3 is 2.71 bits per heavy atom. The van der Waals surface area contributed by atoms with Crippen molar-refractivity contribution in [3.63, 3.8) is 0 Å². The molecule has 3 nitrogen and oxygen atoms in total. The molecule has 0 fully saturated rings. The number of aryl methyl sites for hydroxylation is 4. The zero-order chi connectivity index (χ0) is 17.0. The monoisotopic (exact) mass is 383 g/mol. The van der Waals surface area contributed by atoms with E-state index in [1.165, 1.54) is 22.3 Å². The summed E-state index contributed by atoms with van der Waals surface area (Å²) in [6.07, 6.45) is 3.17. The maximum Gasteiger partial charge on any atom is 0.161 e. The van der Waals surface area contributed by atoms with Gasteiger partial charge in [0.1, 0.15) is 11.3 Å². The Hall–Kier alpha value is -1.68. The van der Waals surface area contributed by atoms with Crippen molar-refractivity contribution in [3.05, 3.63) is 56.4 Å². The van der Waals surface area contributed by atoms with E-state index in [1.807, 2.05) is 0 Å². The van der Waals surface area contributed by atoms with Crippen LogP contribution in [0.3, 0.4) is 0 Å². The van der Waals surface area contributed by atoms with Gasteiger partial charge in [-0.2, -0.15) is 0 Å². The van der Waals surface area contributed by atoms with Crippen LogP contribution in [0.2, 0.25) is 0 Å². The van der Waals surface area contributed by atoms with Crippen molar-refractivity contribution in [2.24, 2.45) is 0 Å². The number of hydrogen-bond acceptors (Lipinski definition) is 2. The molecule has 124 valence electrons. The predicted molar refractivity (Wildman–Crippen MR) is 102 cm³/mol. The van der Waals surface area contributed by atoms with Gasteiger partial charge < -0.3 is 4.57 Å². The van der Waals surface area contributed by atoms with E-state index in [9.17, 15) is 0 Å². The van der Waals surface area contributed by atoms with Crippen LogP contribution in [0.25, 0.3) is 11.2 Å². The number of nitrogens with zero attached hydrogens (tertiary/aromatic N) is 3. The highest BCUT2D eigenvalue weighted by molar-refractivity contribution is 9.10. The SMILES string of the molecule is CCc1nc2c(C)c(C)c(C)nc2n1[C@H]1CCc2cc(Br)ccc21. The highest BCUT2D eigenvalue weighted by Crippen LogP contribution is 2.38. The van der Waals surface area contributed by atoms with Crippen LogP contribution in [0.4, 0.5) is 0 Å². The number of fused-ring (bicyclic) bond motifs is 2. The number of halogens is 1. The fraction of sp³-hybridized carbons (Fsp3) is 0.400. The zero-order valence-corrected chi connectivity index (χ0v) is 16.2. The normalized spacial score (nSPS) is 16.8. The smallest absolute Gasteiger partial charge is 0.161 e. The Morgan fingerprint density at radius 2 is 1.96 bits per heavy atom. The summed E-state index contributed by atoms with van der Waals surface area (Å²) < 4.78 is 3.56. The Kier molecular flexibility index (Phi) is 3.75. The molecule has 3 aromatic rings. The number of benzene rings is 1. The highest BCUT2D eigenvalue weighted by Gasteiger charge is 2.28. The first-order chi connectivity index (χ1) is 11.5. The van der Waals surface area contributed by atoms with Crippen LogP contribution in [0, 0.1) is 20.8 Å². The fourth-order valence-electron chi connectivity index (χ4n) is 3.93. The molecule has 0 N–H and O–H groups in total. The lowest BCUT2D eigenvalue weighted by atomic mass is 10.1. The maximum atomic E-state index is 4.96. The van der Waals surface area contributed by atoms with Gasteiger partial charge in [0, 0.05) is 16.6 Å². The second kappa shape index (κ2) is 5.69. The summed E-state index contributed by atoms with van der Waals surface area (Å²) in [5, 5.41) is 0. The van der Waals surface area contributed by atoms with E-state index in [2.05, 4.69) is 66.4 Å². The number of hydrogen-bond donors (Lipinski definition) is 0. The third-order valence-corrected chi connectivity index (χ3v) is 5.97. The predicted octanol–water partition coefficient (Wildman–Crippen LogP) is 5.22. The van der Waals surface area contributed by atoms with Gasteiger partial charge in [-0.1, -0.05) is 28.9 Å². The molecule has 1 aliphatic carbocycles. The number of pyridine rings is 1. The van der Waals surface area contributed by atoms with E-state index < -0.39 is 0 Å². The second-order valence-corrected chi connectivity index (χ2v) is 7.68.